The molecule has 0 spiro atoms. The fraction of sp³-hybridized carbons (Fsp3) is 0. The zero-order valence-corrected chi connectivity index (χ0v) is 15.6. The maximum Gasteiger partial charge on any atom is 2.00 e. The molecule has 150 valence electrons. The van der Waals surface area contributed by atoms with E-state index in [2.05, 4.69) is 0 Å². The first-order chi connectivity index (χ1) is 10.9. The molecule has 2 aromatic carbocycles. The summed E-state index contributed by atoms with van der Waals surface area (Å²) in [4.78, 5) is 0. The van der Waals surface area contributed by atoms with Gasteiger partial charge in [0.05, 0.1) is 0 Å². The van der Waals surface area contributed by atoms with Gasteiger partial charge >= 0.3 is 26.2 Å². The normalized spacial score (nSPS) is 9.26. The molecule has 2 N–H and O–H groups in total. The quantitative estimate of drug-likeness (QED) is 0.235. The topological polar surface area (TPSA) is 40.5 Å². The summed E-state index contributed by atoms with van der Waals surface area (Å²) < 4.78 is 121. The van der Waals surface area contributed by atoms with Crippen LogP contribution in [0.3, 0.4) is 0 Å². The van der Waals surface area contributed by atoms with Crippen molar-refractivity contribution in [3.8, 4) is 11.5 Å². The first kappa shape index (κ1) is 30.0. The van der Waals surface area contributed by atoms with Crippen LogP contribution in [0.2, 0.25) is 0 Å². The zero-order chi connectivity index (χ0) is 18.9. The molecular formula is C14H8F10O2Zr. The predicted octanol–water partition coefficient (Wildman–Crippen LogP) is 5.07. The molecule has 0 radical (unpaired) electrons. The van der Waals surface area contributed by atoms with Crippen LogP contribution in [0.1, 0.15) is 0 Å². The van der Waals surface area contributed by atoms with Crippen LogP contribution in [-0.2, 0) is 26.2 Å². The number of phenolic OH excluding ortho intramolecular Hbond substituents is 2. The van der Waals surface area contributed by atoms with E-state index in [0.29, 0.717) is 0 Å². The Hall–Kier alpha value is -1.78. The molecule has 27 heavy (non-hydrogen) atoms. The van der Waals surface area contributed by atoms with Crippen molar-refractivity contribution in [3.05, 3.63) is 73.0 Å². The van der Waals surface area contributed by atoms with E-state index in [4.69, 9.17) is 10.2 Å². The molecule has 2 nitrogen and oxygen atoms in total. The summed E-state index contributed by atoms with van der Waals surface area (Å²) in [6, 6.07) is 0. The van der Waals surface area contributed by atoms with Crippen molar-refractivity contribution in [1.29, 1.82) is 0 Å². The first-order valence-corrected chi connectivity index (χ1v) is 5.34. The van der Waals surface area contributed by atoms with Crippen LogP contribution in [0, 0.1) is 73.0 Å². The Morgan fingerprint density at radius 1 is 0.333 bits per heavy atom. The maximum atomic E-state index is 12.2. The van der Waals surface area contributed by atoms with Crippen LogP contribution in [-0.4, -0.2) is 10.2 Å². The Morgan fingerprint density at radius 3 is 0.593 bits per heavy atom. The van der Waals surface area contributed by atoms with E-state index in [1.165, 1.54) is 0 Å². The van der Waals surface area contributed by atoms with E-state index in [-0.39, 0.29) is 41.1 Å². The van der Waals surface area contributed by atoms with Crippen molar-refractivity contribution in [1.82, 2.24) is 0 Å². The van der Waals surface area contributed by atoms with Gasteiger partial charge in [0.25, 0.3) is 0 Å². The molecule has 0 aromatic heterocycles. The van der Waals surface area contributed by atoms with Crippen molar-refractivity contribution in [2.45, 2.75) is 0 Å². The van der Waals surface area contributed by atoms with Gasteiger partial charge in [-0.05, 0) is 0 Å². The van der Waals surface area contributed by atoms with E-state index in [0.717, 1.165) is 0 Å². The Kier molecular flexibility index (Phi) is 12.4. The molecule has 0 aliphatic carbocycles. The fourth-order valence-electron chi connectivity index (χ4n) is 1.19. The summed E-state index contributed by atoms with van der Waals surface area (Å²) in [5, 5.41) is 16.6. The third-order valence-electron chi connectivity index (χ3n) is 2.37. The fourth-order valence-corrected chi connectivity index (χ4v) is 1.19. The van der Waals surface area contributed by atoms with E-state index >= 15 is 0 Å². The number of aromatic hydroxyl groups is 2. The van der Waals surface area contributed by atoms with Crippen LogP contribution in [0.25, 0.3) is 0 Å². The molecule has 0 saturated heterocycles. The van der Waals surface area contributed by atoms with Gasteiger partial charge in [-0.25, -0.2) is 26.3 Å². The molecule has 0 amide bonds. The molecule has 0 aliphatic rings. The van der Waals surface area contributed by atoms with Crippen molar-refractivity contribution < 1.29 is 80.3 Å². The summed E-state index contributed by atoms with van der Waals surface area (Å²) in [7, 11) is 0. The Balaban J connectivity index is -0.000000384. The van der Waals surface area contributed by atoms with Crippen LogP contribution >= 0.6 is 0 Å². The summed E-state index contributed by atoms with van der Waals surface area (Å²) in [6.45, 7) is 0. The molecular weight excluding hydrogens is 481 g/mol. The number of benzene rings is 2. The largest absolute Gasteiger partial charge is 2.00 e. The first-order valence-electron chi connectivity index (χ1n) is 5.34. The van der Waals surface area contributed by atoms with Crippen molar-refractivity contribution in [2.24, 2.45) is 0 Å². The van der Waals surface area contributed by atoms with Gasteiger partial charge in [0.1, 0.15) is 0 Å². The predicted molar refractivity (Wildman–Crippen MR) is 68.6 cm³/mol. The Bertz CT molecular complexity index is 536. The SMILES string of the molecule is Oc1c(F)c(F)c(F)c(F)c1F.Oc1c(F)c(F)c(F)c(F)c1F.[CH3-].[CH3-].[Zr+2]. The molecule has 13 heteroatoms. The third-order valence-corrected chi connectivity index (χ3v) is 2.37. The summed E-state index contributed by atoms with van der Waals surface area (Å²) >= 11 is 0. The molecule has 2 rings (SSSR count). The smallest absolute Gasteiger partial charge is 0.503 e. The van der Waals surface area contributed by atoms with E-state index in [1.54, 1.807) is 0 Å². The van der Waals surface area contributed by atoms with Crippen LogP contribution < -0.4 is 0 Å². The molecule has 0 fully saturated rings. The van der Waals surface area contributed by atoms with Crippen molar-refractivity contribution in [2.75, 3.05) is 0 Å². The second-order valence-corrected chi connectivity index (χ2v) is 3.84. The van der Waals surface area contributed by atoms with Crippen molar-refractivity contribution >= 4 is 0 Å². The molecule has 0 saturated carbocycles. The summed E-state index contributed by atoms with van der Waals surface area (Å²) in [5.74, 6) is -25.9. The second-order valence-electron chi connectivity index (χ2n) is 3.84. The minimum Gasteiger partial charge on any atom is -0.503 e. The van der Waals surface area contributed by atoms with Gasteiger partial charge in [0.15, 0.2) is 11.5 Å². The van der Waals surface area contributed by atoms with Gasteiger partial charge in [0.2, 0.25) is 58.2 Å². The second kappa shape index (κ2) is 11.2. The van der Waals surface area contributed by atoms with Gasteiger partial charge in [-0.2, -0.15) is 17.6 Å². The zero-order valence-electron chi connectivity index (χ0n) is 13.2. The number of phenols is 2. The van der Waals surface area contributed by atoms with Gasteiger partial charge in [-0.15, -0.1) is 0 Å². The number of rotatable bonds is 0. The average Bonchev–Trinajstić information content (AvgIpc) is 2.58. The molecule has 2 aromatic rings. The number of hydrogen-bond acceptors (Lipinski definition) is 2. The van der Waals surface area contributed by atoms with Crippen LogP contribution in [0.15, 0.2) is 0 Å². The molecule has 0 atom stereocenters. The Morgan fingerprint density at radius 2 is 0.444 bits per heavy atom. The van der Waals surface area contributed by atoms with E-state index in [1.807, 2.05) is 0 Å². The van der Waals surface area contributed by atoms with Gasteiger partial charge in [0, 0.05) is 0 Å². The van der Waals surface area contributed by atoms with Crippen LogP contribution in [0.5, 0.6) is 11.5 Å². The standard InChI is InChI=1S/2C6HF5O.2CH3.Zr/c2*7-1-2(8)4(10)6(12)5(11)3(1)9;;;/h2*12H;2*1H3;/q;;2*-1;+2. The number of halogens is 10. The van der Waals surface area contributed by atoms with Gasteiger partial charge < -0.3 is 25.1 Å². The maximum absolute atomic E-state index is 12.2. The van der Waals surface area contributed by atoms with E-state index < -0.39 is 69.7 Å². The monoisotopic (exact) mass is 488 g/mol. The molecule has 0 heterocycles. The van der Waals surface area contributed by atoms with Crippen LogP contribution in [0.4, 0.5) is 43.9 Å². The molecule has 0 aliphatic heterocycles. The van der Waals surface area contributed by atoms with Gasteiger partial charge in [-0.3, -0.25) is 0 Å². The number of hydrogen-bond donors (Lipinski definition) is 2. The summed E-state index contributed by atoms with van der Waals surface area (Å²) in [6.07, 6.45) is 0. The van der Waals surface area contributed by atoms with Crippen molar-refractivity contribution in [3.63, 3.8) is 0 Å². The minimum atomic E-state index is -2.29. The third kappa shape index (κ3) is 5.60. The summed E-state index contributed by atoms with van der Waals surface area (Å²) in [5.41, 5.74) is 0. The van der Waals surface area contributed by atoms with E-state index in [9.17, 15) is 43.9 Å². The van der Waals surface area contributed by atoms with Gasteiger partial charge in [-0.1, -0.05) is 0 Å². The average molecular weight is 489 g/mol. The minimum absolute atomic E-state index is 0. The molecule has 0 unspecified atom stereocenters. The Labute approximate surface area is 165 Å². The molecule has 0 bridgehead atoms.